The molecular formula is C17H19F3N2. The minimum Gasteiger partial charge on any atom is -0.292 e. The smallest absolute Gasteiger partial charge is 0.292 e. The van der Waals surface area contributed by atoms with Crippen LogP contribution in [0.4, 0.5) is 13.2 Å². The third-order valence-electron chi connectivity index (χ3n) is 4.44. The van der Waals surface area contributed by atoms with E-state index < -0.39 is 11.7 Å². The fraction of sp³-hybridized carbons (Fsp3) is 0.529. The van der Waals surface area contributed by atoms with Crippen LogP contribution in [0.2, 0.25) is 0 Å². The highest BCUT2D eigenvalue weighted by Gasteiger charge is 2.35. The summed E-state index contributed by atoms with van der Waals surface area (Å²) >= 11 is 0. The largest absolute Gasteiger partial charge is 0.417 e. The molecule has 5 heteroatoms. The second-order valence-corrected chi connectivity index (χ2v) is 5.85. The van der Waals surface area contributed by atoms with Gasteiger partial charge in [-0.3, -0.25) is 4.99 Å². The van der Waals surface area contributed by atoms with Crippen LogP contribution >= 0.6 is 0 Å². The molecule has 1 fully saturated rings. The maximum absolute atomic E-state index is 13.1. The van der Waals surface area contributed by atoms with E-state index in [0.717, 1.165) is 37.5 Å². The summed E-state index contributed by atoms with van der Waals surface area (Å²) in [4.78, 5) is 4.28. The van der Waals surface area contributed by atoms with Crippen LogP contribution in [0.25, 0.3) is 0 Å². The first-order chi connectivity index (χ1) is 10.4. The van der Waals surface area contributed by atoms with Gasteiger partial charge in [0.2, 0.25) is 0 Å². The predicted molar refractivity (Wildman–Crippen MR) is 79.7 cm³/mol. The second kappa shape index (κ2) is 6.51. The van der Waals surface area contributed by atoms with Gasteiger partial charge in [0, 0.05) is 18.7 Å². The number of nitrogens with zero attached hydrogens (tertiary/aromatic N) is 2. The molecule has 1 saturated carbocycles. The highest BCUT2D eigenvalue weighted by molar-refractivity contribution is 6.02. The molecule has 0 aromatic heterocycles. The standard InChI is InChI=1S/C17H19F3N2/c1-11-5-3-4-6-14(11)16(22-2)12-7-8-13(10-21)15(9-12)17(18,19)20/h7-9,11,14H,3-6H2,1-2H3/b22-16-. The summed E-state index contributed by atoms with van der Waals surface area (Å²) in [7, 11) is 1.63. The molecule has 0 amide bonds. The van der Waals surface area contributed by atoms with E-state index in [1.807, 2.05) is 0 Å². The Morgan fingerprint density at radius 2 is 1.95 bits per heavy atom. The monoisotopic (exact) mass is 308 g/mol. The van der Waals surface area contributed by atoms with Gasteiger partial charge >= 0.3 is 6.18 Å². The summed E-state index contributed by atoms with van der Waals surface area (Å²) in [5, 5.41) is 8.88. The zero-order chi connectivity index (χ0) is 16.3. The van der Waals surface area contributed by atoms with E-state index in [1.165, 1.54) is 6.07 Å². The number of hydrogen-bond donors (Lipinski definition) is 0. The molecule has 0 saturated heterocycles. The predicted octanol–water partition coefficient (Wildman–Crippen LogP) is 4.82. The molecule has 0 heterocycles. The fourth-order valence-corrected chi connectivity index (χ4v) is 3.27. The molecule has 1 aromatic rings. The topological polar surface area (TPSA) is 36.1 Å². The molecular weight excluding hydrogens is 289 g/mol. The second-order valence-electron chi connectivity index (χ2n) is 5.85. The molecule has 0 N–H and O–H groups in total. The number of rotatable bonds is 2. The van der Waals surface area contributed by atoms with E-state index >= 15 is 0 Å². The van der Waals surface area contributed by atoms with Crippen molar-refractivity contribution in [3.8, 4) is 6.07 Å². The molecule has 2 atom stereocenters. The highest BCUT2D eigenvalue weighted by atomic mass is 19.4. The van der Waals surface area contributed by atoms with Gasteiger partial charge in [-0.25, -0.2) is 0 Å². The molecule has 1 aromatic carbocycles. The highest BCUT2D eigenvalue weighted by Crippen LogP contribution is 2.36. The normalized spacial score (nSPS) is 23.2. The lowest BCUT2D eigenvalue weighted by Gasteiger charge is -2.30. The SMILES string of the molecule is C/N=C(/c1ccc(C#N)c(C(F)(F)F)c1)C1CCCCC1C. The van der Waals surface area contributed by atoms with Crippen molar-refractivity contribution in [3.05, 3.63) is 34.9 Å². The number of halogens is 3. The van der Waals surface area contributed by atoms with E-state index in [4.69, 9.17) is 5.26 Å². The van der Waals surface area contributed by atoms with Crippen molar-refractivity contribution in [1.82, 2.24) is 0 Å². The van der Waals surface area contributed by atoms with E-state index in [9.17, 15) is 13.2 Å². The first-order valence-electron chi connectivity index (χ1n) is 7.47. The van der Waals surface area contributed by atoms with Crippen molar-refractivity contribution < 1.29 is 13.2 Å². The summed E-state index contributed by atoms with van der Waals surface area (Å²) in [6, 6.07) is 5.51. The lowest BCUT2D eigenvalue weighted by atomic mass is 9.75. The van der Waals surface area contributed by atoms with Gasteiger partial charge in [0.15, 0.2) is 0 Å². The number of aliphatic imine (C=N–C) groups is 1. The van der Waals surface area contributed by atoms with Crippen molar-refractivity contribution in [2.45, 2.75) is 38.8 Å². The first kappa shape index (κ1) is 16.5. The van der Waals surface area contributed by atoms with Crippen LogP contribution in [0.5, 0.6) is 0 Å². The number of alkyl halides is 3. The minimum absolute atomic E-state index is 0.188. The Kier molecular flexibility index (Phi) is 4.90. The lowest BCUT2D eigenvalue weighted by molar-refractivity contribution is -0.137. The van der Waals surface area contributed by atoms with Crippen LogP contribution in [0.3, 0.4) is 0 Å². The van der Waals surface area contributed by atoms with Crippen LogP contribution < -0.4 is 0 Å². The van der Waals surface area contributed by atoms with Gasteiger partial charge in [-0.1, -0.05) is 32.3 Å². The molecule has 1 aliphatic rings. The van der Waals surface area contributed by atoms with Gasteiger partial charge in [0.1, 0.15) is 0 Å². The molecule has 22 heavy (non-hydrogen) atoms. The van der Waals surface area contributed by atoms with Gasteiger partial charge < -0.3 is 0 Å². The maximum Gasteiger partial charge on any atom is 0.417 e. The van der Waals surface area contributed by atoms with Crippen molar-refractivity contribution in [3.63, 3.8) is 0 Å². The van der Waals surface area contributed by atoms with Crippen molar-refractivity contribution >= 4 is 5.71 Å². The van der Waals surface area contributed by atoms with Crippen molar-refractivity contribution in [2.75, 3.05) is 7.05 Å². The van der Waals surface area contributed by atoms with Gasteiger partial charge in [-0.2, -0.15) is 18.4 Å². The van der Waals surface area contributed by atoms with Crippen molar-refractivity contribution in [1.29, 1.82) is 5.26 Å². The first-order valence-corrected chi connectivity index (χ1v) is 7.47. The molecule has 0 spiro atoms. The number of hydrogen-bond acceptors (Lipinski definition) is 2. The Morgan fingerprint density at radius 1 is 1.27 bits per heavy atom. The van der Waals surface area contributed by atoms with E-state index in [0.29, 0.717) is 11.5 Å². The van der Waals surface area contributed by atoms with Crippen LogP contribution in [-0.2, 0) is 6.18 Å². The Balaban J connectivity index is 2.45. The molecule has 0 aliphatic heterocycles. The molecule has 2 unspecified atom stereocenters. The van der Waals surface area contributed by atoms with Gasteiger partial charge in [-0.15, -0.1) is 0 Å². The molecule has 2 nitrogen and oxygen atoms in total. The number of benzene rings is 1. The minimum atomic E-state index is -4.53. The molecule has 1 aliphatic carbocycles. The third kappa shape index (κ3) is 3.32. The summed E-state index contributed by atoms with van der Waals surface area (Å²) in [6.45, 7) is 2.13. The van der Waals surface area contributed by atoms with E-state index in [-0.39, 0.29) is 11.5 Å². The average Bonchev–Trinajstić information content (AvgIpc) is 2.49. The summed E-state index contributed by atoms with van der Waals surface area (Å²) in [5.74, 6) is 0.602. The Labute approximate surface area is 128 Å². The summed E-state index contributed by atoms with van der Waals surface area (Å²) < 4.78 is 39.3. The molecule has 2 rings (SSSR count). The maximum atomic E-state index is 13.1. The Hall–Kier alpha value is -1.83. The summed E-state index contributed by atoms with van der Waals surface area (Å²) in [5.41, 5.74) is -0.0183. The third-order valence-corrected chi connectivity index (χ3v) is 4.44. The Morgan fingerprint density at radius 3 is 2.50 bits per heavy atom. The Bertz CT molecular complexity index is 611. The van der Waals surface area contributed by atoms with Gasteiger partial charge in [0.25, 0.3) is 0 Å². The van der Waals surface area contributed by atoms with Crippen LogP contribution in [0, 0.1) is 23.2 Å². The zero-order valence-corrected chi connectivity index (χ0v) is 12.7. The molecule has 0 radical (unpaired) electrons. The zero-order valence-electron chi connectivity index (χ0n) is 12.7. The van der Waals surface area contributed by atoms with Gasteiger partial charge in [-0.05, 0) is 30.0 Å². The molecule has 0 bridgehead atoms. The van der Waals surface area contributed by atoms with Crippen LogP contribution in [-0.4, -0.2) is 12.8 Å². The average molecular weight is 308 g/mol. The molecule has 118 valence electrons. The lowest BCUT2D eigenvalue weighted by Crippen LogP contribution is -2.26. The van der Waals surface area contributed by atoms with E-state index in [2.05, 4.69) is 11.9 Å². The van der Waals surface area contributed by atoms with E-state index in [1.54, 1.807) is 19.2 Å². The quantitative estimate of drug-likeness (QED) is 0.721. The van der Waals surface area contributed by atoms with Crippen LogP contribution in [0.15, 0.2) is 23.2 Å². The summed E-state index contributed by atoms with van der Waals surface area (Å²) in [6.07, 6.45) is -0.258. The fourth-order valence-electron chi connectivity index (χ4n) is 3.27. The van der Waals surface area contributed by atoms with Crippen LogP contribution in [0.1, 0.15) is 49.3 Å². The van der Waals surface area contributed by atoms with Gasteiger partial charge in [0.05, 0.1) is 17.2 Å². The number of nitriles is 1. The van der Waals surface area contributed by atoms with Crippen molar-refractivity contribution in [2.24, 2.45) is 16.8 Å².